The van der Waals surface area contributed by atoms with Crippen LogP contribution in [0.25, 0.3) is 0 Å². The molecule has 0 saturated carbocycles. The van der Waals surface area contributed by atoms with Crippen molar-refractivity contribution in [2.75, 3.05) is 10.6 Å². The fourth-order valence-electron chi connectivity index (χ4n) is 2.40. The molecule has 3 aromatic rings. The Labute approximate surface area is 151 Å². The van der Waals surface area contributed by atoms with Gasteiger partial charge in [0.2, 0.25) is 5.95 Å². The quantitative estimate of drug-likeness (QED) is 0.727. The van der Waals surface area contributed by atoms with Gasteiger partial charge in [0.15, 0.2) is 0 Å². The van der Waals surface area contributed by atoms with Gasteiger partial charge in [-0.3, -0.25) is 4.79 Å². The Morgan fingerprint density at radius 1 is 1.04 bits per heavy atom. The second-order valence-electron chi connectivity index (χ2n) is 5.98. The van der Waals surface area contributed by atoms with Crippen LogP contribution >= 0.6 is 0 Å². The standard InChI is InChI=1S/C20H19FN4O/c1-13-4-3-5-18(14(13)2)25-19(26)16-11-23-20(24-12-16)22-10-15-6-8-17(21)9-7-15/h3-9,11-12H,10H2,1-2H3,(H,25,26)(H,22,23,24). The van der Waals surface area contributed by atoms with Crippen LogP contribution in [0, 0.1) is 19.7 Å². The van der Waals surface area contributed by atoms with E-state index in [1.54, 1.807) is 12.1 Å². The number of carbonyl (C=O) groups is 1. The van der Waals surface area contributed by atoms with Crippen molar-refractivity contribution in [2.45, 2.75) is 20.4 Å². The van der Waals surface area contributed by atoms with Gasteiger partial charge in [0.1, 0.15) is 5.82 Å². The maximum atomic E-state index is 12.9. The lowest BCUT2D eigenvalue weighted by molar-refractivity contribution is 0.102. The second-order valence-corrected chi connectivity index (χ2v) is 5.98. The molecule has 2 N–H and O–H groups in total. The van der Waals surface area contributed by atoms with Crippen molar-refractivity contribution >= 4 is 17.5 Å². The number of halogens is 1. The lowest BCUT2D eigenvalue weighted by Crippen LogP contribution is -2.14. The lowest BCUT2D eigenvalue weighted by atomic mass is 10.1. The van der Waals surface area contributed by atoms with Gasteiger partial charge in [0.25, 0.3) is 5.91 Å². The number of nitrogens with one attached hydrogen (secondary N) is 2. The van der Waals surface area contributed by atoms with Crippen LogP contribution in [0.5, 0.6) is 0 Å². The minimum absolute atomic E-state index is 0.260. The average molecular weight is 350 g/mol. The number of amides is 1. The Kier molecular flexibility index (Phi) is 5.22. The molecule has 0 atom stereocenters. The monoisotopic (exact) mass is 350 g/mol. The second kappa shape index (κ2) is 7.74. The van der Waals surface area contributed by atoms with Gasteiger partial charge in [-0.05, 0) is 48.7 Å². The van der Waals surface area contributed by atoms with Gasteiger partial charge < -0.3 is 10.6 Å². The molecule has 0 spiro atoms. The first-order valence-electron chi connectivity index (χ1n) is 8.21. The van der Waals surface area contributed by atoms with Crippen LogP contribution in [-0.4, -0.2) is 15.9 Å². The minimum Gasteiger partial charge on any atom is -0.350 e. The molecule has 1 heterocycles. The van der Waals surface area contributed by atoms with Gasteiger partial charge in [-0.1, -0.05) is 24.3 Å². The number of anilines is 2. The molecule has 132 valence electrons. The molecule has 0 aliphatic heterocycles. The fraction of sp³-hybridized carbons (Fsp3) is 0.150. The van der Waals surface area contributed by atoms with Gasteiger partial charge in [0.05, 0.1) is 5.56 Å². The molecule has 0 radical (unpaired) electrons. The highest BCUT2D eigenvalue weighted by Crippen LogP contribution is 2.18. The van der Waals surface area contributed by atoms with Crippen LogP contribution in [-0.2, 0) is 6.54 Å². The van der Waals surface area contributed by atoms with Crippen molar-refractivity contribution in [3.05, 3.63) is 82.9 Å². The normalized spacial score (nSPS) is 10.4. The van der Waals surface area contributed by atoms with Crippen LogP contribution in [0.15, 0.2) is 54.9 Å². The Balaban J connectivity index is 1.62. The van der Waals surface area contributed by atoms with Crippen LogP contribution in [0.3, 0.4) is 0 Å². The Bertz CT molecular complexity index is 908. The molecule has 3 rings (SSSR count). The number of aromatic nitrogens is 2. The summed E-state index contributed by atoms with van der Waals surface area (Å²) in [6, 6.07) is 11.9. The summed E-state index contributed by atoms with van der Waals surface area (Å²) in [6.45, 7) is 4.42. The number of aryl methyl sites for hydroxylation is 1. The third-order valence-corrected chi connectivity index (χ3v) is 4.13. The Morgan fingerprint density at radius 2 is 1.73 bits per heavy atom. The third-order valence-electron chi connectivity index (χ3n) is 4.13. The molecule has 6 heteroatoms. The van der Waals surface area contributed by atoms with Crippen LogP contribution in [0.4, 0.5) is 16.0 Å². The van der Waals surface area contributed by atoms with E-state index in [-0.39, 0.29) is 11.7 Å². The van der Waals surface area contributed by atoms with E-state index < -0.39 is 0 Å². The molecular formula is C20H19FN4O. The van der Waals surface area contributed by atoms with Gasteiger partial charge >= 0.3 is 0 Å². The first-order chi connectivity index (χ1) is 12.5. The fourth-order valence-corrected chi connectivity index (χ4v) is 2.40. The molecule has 1 aromatic heterocycles. The zero-order valence-electron chi connectivity index (χ0n) is 14.6. The van der Waals surface area contributed by atoms with Gasteiger partial charge in [-0.15, -0.1) is 0 Å². The molecule has 26 heavy (non-hydrogen) atoms. The lowest BCUT2D eigenvalue weighted by Gasteiger charge is -2.10. The molecule has 2 aromatic carbocycles. The molecule has 0 bridgehead atoms. The van der Waals surface area contributed by atoms with E-state index in [1.165, 1.54) is 24.5 Å². The summed E-state index contributed by atoms with van der Waals surface area (Å²) in [5, 5.41) is 5.91. The van der Waals surface area contributed by atoms with Crippen molar-refractivity contribution in [1.82, 2.24) is 9.97 Å². The van der Waals surface area contributed by atoms with Crippen molar-refractivity contribution in [1.29, 1.82) is 0 Å². The highest BCUT2D eigenvalue weighted by atomic mass is 19.1. The van der Waals surface area contributed by atoms with Crippen LogP contribution < -0.4 is 10.6 Å². The highest BCUT2D eigenvalue weighted by Gasteiger charge is 2.10. The molecule has 0 unspecified atom stereocenters. The van der Waals surface area contributed by atoms with E-state index in [0.29, 0.717) is 18.1 Å². The van der Waals surface area contributed by atoms with Crippen LogP contribution in [0.1, 0.15) is 27.0 Å². The third kappa shape index (κ3) is 4.22. The number of nitrogens with zero attached hydrogens (tertiary/aromatic N) is 2. The van der Waals surface area contributed by atoms with E-state index in [4.69, 9.17) is 0 Å². The van der Waals surface area contributed by atoms with Crippen molar-refractivity contribution in [2.24, 2.45) is 0 Å². The maximum absolute atomic E-state index is 12.9. The zero-order valence-corrected chi connectivity index (χ0v) is 14.6. The average Bonchev–Trinajstić information content (AvgIpc) is 2.65. The van der Waals surface area contributed by atoms with Crippen molar-refractivity contribution < 1.29 is 9.18 Å². The number of hydrogen-bond donors (Lipinski definition) is 2. The minimum atomic E-state index is -0.274. The number of hydrogen-bond acceptors (Lipinski definition) is 4. The van der Waals surface area contributed by atoms with Gasteiger partial charge in [-0.2, -0.15) is 0 Å². The molecule has 0 fully saturated rings. The van der Waals surface area contributed by atoms with E-state index in [0.717, 1.165) is 22.4 Å². The molecule has 5 nitrogen and oxygen atoms in total. The van der Waals surface area contributed by atoms with E-state index in [9.17, 15) is 9.18 Å². The summed E-state index contributed by atoms with van der Waals surface area (Å²) in [5.74, 6) is -0.134. The highest BCUT2D eigenvalue weighted by molar-refractivity contribution is 6.04. The summed E-state index contributed by atoms with van der Waals surface area (Å²) in [7, 11) is 0. The zero-order chi connectivity index (χ0) is 18.5. The Hall–Kier alpha value is -3.28. The first-order valence-corrected chi connectivity index (χ1v) is 8.21. The van der Waals surface area contributed by atoms with E-state index in [1.807, 2.05) is 32.0 Å². The molecular weight excluding hydrogens is 331 g/mol. The van der Waals surface area contributed by atoms with Gasteiger partial charge in [-0.25, -0.2) is 14.4 Å². The maximum Gasteiger partial charge on any atom is 0.258 e. The molecule has 1 amide bonds. The van der Waals surface area contributed by atoms with E-state index in [2.05, 4.69) is 20.6 Å². The number of carbonyl (C=O) groups excluding carboxylic acids is 1. The molecule has 0 aliphatic rings. The molecule has 0 aliphatic carbocycles. The summed E-state index contributed by atoms with van der Waals surface area (Å²) >= 11 is 0. The molecule has 0 saturated heterocycles. The van der Waals surface area contributed by atoms with Crippen LogP contribution in [0.2, 0.25) is 0 Å². The predicted molar refractivity (Wildman–Crippen MR) is 99.6 cm³/mol. The summed E-state index contributed by atoms with van der Waals surface area (Å²) in [5.41, 5.74) is 4.19. The first kappa shape index (κ1) is 17.5. The van der Waals surface area contributed by atoms with E-state index >= 15 is 0 Å². The topological polar surface area (TPSA) is 66.9 Å². The summed E-state index contributed by atoms with van der Waals surface area (Å²) < 4.78 is 12.9. The number of benzene rings is 2. The summed E-state index contributed by atoms with van der Waals surface area (Å²) in [6.07, 6.45) is 2.95. The predicted octanol–water partition coefficient (Wildman–Crippen LogP) is 4.10. The van der Waals surface area contributed by atoms with Crippen molar-refractivity contribution in [3.63, 3.8) is 0 Å². The number of rotatable bonds is 5. The smallest absolute Gasteiger partial charge is 0.258 e. The largest absolute Gasteiger partial charge is 0.350 e. The SMILES string of the molecule is Cc1cccc(NC(=O)c2cnc(NCc3ccc(F)cc3)nc2)c1C. The summed E-state index contributed by atoms with van der Waals surface area (Å²) in [4.78, 5) is 20.7. The Morgan fingerprint density at radius 3 is 2.42 bits per heavy atom. The van der Waals surface area contributed by atoms with Crippen molar-refractivity contribution in [3.8, 4) is 0 Å². The van der Waals surface area contributed by atoms with Gasteiger partial charge in [0, 0.05) is 24.6 Å².